The van der Waals surface area contributed by atoms with Gasteiger partial charge in [0.25, 0.3) is 0 Å². The van der Waals surface area contributed by atoms with Crippen LogP contribution in [0.4, 0.5) is 34.1 Å². The van der Waals surface area contributed by atoms with E-state index in [1.165, 1.54) is 144 Å². The van der Waals surface area contributed by atoms with E-state index in [9.17, 15) is 0 Å². The quantitative estimate of drug-likeness (QED) is 0.163. The van der Waals surface area contributed by atoms with Gasteiger partial charge in [-0.3, -0.25) is 0 Å². The van der Waals surface area contributed by atoms with E-state index in [1.54, 1.807) is 0 Å². The van der Waals surface area contributed by atoms with Crippen LogP contribution < -0.4 is 31.7 Å². The van der Waals surface area contributed by atoms with E-state index in [0.29, 0.717) is 0 Å². The maximum Gasteiger partial charge on any atom is 0.333 e. The number of hydrogen-bond donors (Lipinski definition) is 0. The summed E-state index contributed by atoms with van der Waals surface area (Å²) in [5.41, 5.74) is 33.1. The molecule has 408 valence electrons. The second kappa shape index (κ2) is 17.4. The Labute approximate surface area is 496 Å². The Morgan fingerprint density at radius 3 is 0.964 bits per heavy atom. The van der Waals surface area contributed by atoms with Gasteiger partial charge >= 0.3 is 13.7 Å². The Balaban J connectivity index is 1.03. The zero-order valence-corrected chi connectivity index (χ0v) is 50.6. The Kier molecular flexibility index (Phi) is 10.6. The number of fused-ring (bicyclic) bond motifs is 13. The lowest BCUT2D eigenvalue weighted by molar-refractivity contribution is 0.568. The lowest BCUT2D eigenvalue weighted by Crippen LogP contribution is -2.56. The SMILES string of the molecule is CC(C)(C)c1cc(-c2cc3c4c(c2)N(c2ccccc2)c2ccccc2B4n2c4c-3cccc4c3c2c2cccc4c2n3B2c3ccccc3N(c3ccccc3)c3cc(-c5cc(C(C)(C)C)cc(C(C)(C)C)c5)cc-4c32)cc(C(C)(C)C)c1. The number of hydrogen-bond acceptors (Lipinski definition) is 2. The van der Waals surface area contributed by atoms with Gasteiger partial charge in [0, 0.05) is 67.1 Å². The van der Waals surface area contributed by atoms with Gasteiger partial charge in [-0.05, 0) is 160 Å². The smallest absolute Gasteiger partial charge is 0.333 e. The summed E-state index contributed by atoms with van der Waals surface area (Å²) in [5, 5.41) is 2.57. The summed E-state index contributed by atoms with van der Waals surface area (Å²) in [5.74, 6) is 0. The van der Waals surface area contributed by atoms with Crippen molar-refractivity contribution in [3.63, 3.8) is 0 Å². The van der Waals surface area contributed by atoms with Crippen molar-refractivity contribution < 1.29 is 0 Å². The predicted octanol–water partition coefficient (Wildman–Crippen LogP) is 18.1. The molecule has 12 aromatic rings. The normalized spacial score (nSPS) is 14.1. The summed E-state index contributed by atoms with van der Waals surface area (Å²) in [4.78, 5) is 5.12. The Morgan fingerprint density at radius 2 is 0.607 bits per heavy atom. The van der Waals surface area contributed by atoms with Gasteiger partial charge < -0.3 is 18.8 Å². The van der Waals surface area contributed by atoms with Crippen LogP contribution in [0.2, 0.25) is 0 Å². The van der Waals surface area contributed by atoms with E-state index in [-0.39, 0.29) is 35.4 Å². The van der Waals surface area contributed by atoms with Gasteiger partial charge in [-0.15, -0.1) is 0 Å². The van der Waals surface area contributed by atoms with Gasteiger partial charge in [-0.1, -0.05) is 229 Å². The summed E-state index contributed by atoms with van der Waals surface area (Å²) >= 11 is 0. The van der Waals surface area contributed by atoms with Crippen LogP contribution in [0.25, 0.3) is 77.3 Å². The molecule has 16 rings (SSSR count). The predicted molar refractivity (Wildman–Crippen MR) is 362 cm³/mol. The third-order valence-corrected chi connectivity index (χ3v) is 19.2. The molecule has 0 atom stereocenters. The first-order chi connectivity index (χ1) is 40.2. The van der Waals surface area contributed by atoms with Gasteiger partial charge in [-0.25, -0.2) is 0 Å². The topological polar surface area (TPSA) is 16.3 Å². The van der Waals surface area contributed by atoms with Gasteiger partial charge in [0.05, 0.1) is 11.0 Å². The van der Waals surface area contributed by atoms with Crippen molar-refractivity contribution in [3.8, 4) is 44.5 Å². The van der Waals surface area contributed by atoms with E-state index >= 15 is 0 Å². The molecule has 84 heavy (non-hydrogen) atoms. The first-order valence-electron chi connectivity index (χ1n) is 30.4. The molecule has 4 aliphatic heterocycles. The molecule has 0 saturated heterocycles. The molecule has 4 nitrogen and oxygen atoms in total. The molecule has 0 saturated carbocycles. The molecule has 6 heteroatoms. The van der Waals surface area contributed by atoms with Crippen molar-refractivity contribution >= 4 is 103 Å². The molecule has 0 radical (unpaired) electrons. The van der Waals surface area contributed by atoms with E-state index in [4.69, 9.17) is 0 Å². The van der Waals surface area contributed by atoms with Crippen molar-refractivity contribution in [3.05, 3.63) is 229 Å². The molecule has 0 amide bonds. The third kappa shape index (κ3) is 7.28. The summed E-state index contributed by atoms with van der Waals surface area (Å²) < 4.78 is 5.60. The fourth-order valence-electron chi connectivity index (χ4n) is 14.9. The van der Waals surface area contributed by atoms with Crippen LogP contribution in [0.5, 0.6) is 0 Å². The van der Waals surface area contributed by atoms with Crippen LogP contribution in [0.3, 0.4) is 0 Å². The molecular formula is C78H70B2N4. The molecule has 0 bridgehead atoms. The number of nitrogens with zero attached hydrogens (tertiary/aromatic N) is 4. The highest BCUT2D eigenvalue weighted by molar-refractivity contribution is 6.92. The van der Waals surface area contributed by atoms with Crippen molar-refractivity contribution in [2.45, 2.75) is 105 Å². The van der Waals surface area contributed by atoms with Crippen molar-refractivity contribution in [2.24, 2.45) is 0 Å². The van der Waals surface area contributed by atoms with Crippen LogP contribution in [0.1, 0.15) is 105 Å². The molecule has 0 N–H and O–H groups in total. The van der Waals surface area contributed by atoms with Crippen LogP contribution in [0, 0.1) is 0 Å². The lowest BCUT2D eigenvalue weighted by Gasteiger charge is -2.41. The Bertz CT molecular complexity index is 4410. The zero-order valence-electron chi connectivity index (χ0n) is 50.6. The highest BCUT2D eigenvalue weighted by atomic mass is 15.2. The second-order valence-corrected chi connectivity index (χ2v) is 28.6. The van der Waals surface area contributed by atoms with Crippen LogP contribution in [-0.2, 0) is 21.7 Å². The molecule has 10 aromatic carbocycles. The standard InChI is InChI=1S/C78H70B2N4/c1-75(2,3)51-37-47(38-52(45-51)76(4,5)6)49-41-61-57-29-23-31-59-71(57)83(79-63-33-19-21-35-65(63)81(67(43-49)69(61)79)55-25-15-13-16-26-55)74-60-32-24-30-58-62-42-50(48-39-53(77(7,8)9)46-54(40-48)78(10,11)12)44-68-70(62)80(84(72(58)60)73(59)74)64-34-20-22-36-66(64)82(68)56-27-17-14-18-28-56/h13-46H,1-12H3. The molecule has 6 heterocycles. The largest absolute Gasteiger partial charge is 0.374 e. The fourth-order valence-corrected chi connectivity index (χ4v) is 14.9. The van der Waals surface area contributed by atoms with Gasteiger partial charge in [0.2, 0.25) is 0 Å². The highest BCUT2D eigenvalue weighted by Gasteiger charge is 2.48. The van der Waals surface area contributed by atoms with Crippen LogP contribution in [-0.4, -0.2) is 22.7 Å². The van der Waals surface area contributed by atoms with E-state index in [0.717, 1.165) is 11.4 Å². The number of aromatic nitrogens is 2. The monoisotopic (exact) mass is 1080 g/mol. The van der Waals surface area contributed by atoms with Gasteiger partial charge in [-0.2, -0.15) is 0 Å². The zero-order chi connectivity index (χ0) is 57.7. The average Bonchev–Trinajstić information content (AvgIpc) is 1.44. The van der Waals surface area contributed by atoms with Gasteiger partial charge in [0.1, 0.15) is 0 Å². The molecule has 2 aromatic heterocycles. The first-order valence-corrected chi connectivity index (χ1v) is 30.4. The molecule has 0 unspecified atom stereocenters. The van der Waals surface area contributed by atoms with Crippen molar-refractivity contribution in [2.75, 3.05) is 9.80 Å². The summed E-state index contributed by atoms with van der Waals surface area (Å²) in [7, 11) is 0. The third-order valence-electron chi connectivity index (χ3n) is 19.2. The van der Waals surface area contributed by atoms with E-state index < -0.39 is 0 Å². The fraction of sp³-hybridized carbons (Fsp3) is 0.205. The first kappa shape index (κ1) is 51.0. The Morgan fingerprint density at radius 1 is 0.274 bits per heavy atom. The maximum absolute atomic E-state index is 2.80. The van der Waals surface area contributed by atoms with Crippen LogP contribution in [0.15, 0.2) is 206 Å². The second-order valence-electron chi connectivity index (χ2n) is 28.6. The number of benzene rings is 10. The number of anilines is 6. The van der Waals surface area contributed by atoms with Gasteiger partial charge in [0.15, 0.2) is 0 Å². The van der Waals surface area contributed by atoms with E-state index in [1.807, 2.05) is 0 Å². The molecule has 0 aliphatic carbocycles. The van der Waals surface area contributed by atoms with Crippen molar-refractivity contribution in [1.82, 2.24) is 8.96 Å². The summed E-state index contributed by atoms with van der Waals surface area (Å²) in [6.07, 6.45) is 0. The van der Waals surface area contributed by atoms with Crippen LogP contribution >= 0.6 is 0 Å². The lowest BCUT2D eigenvalue weighted by atomic mass is 9.45. The average molecular weight is 1090 g/mol. The Hall–Kier alpha value is -8.73. The highest BCUT2D eigenvalue weighted by Crippen LogP contribution is 2.53. The molecule has 4 aliphatic rings. The number of rotatable bonds is 4. The minimum Gasteiger partial charge on any atom is -0.374 e. The minimum absolute atomic E-state index is 0.0351. The minimum atomic E-state index is -0.117. The molecule has 0 spiro atoms. The number of para-hydroxylation sites is 6. The van der Waals surface area contributed by atoms with E-state index in [2.05, 4.69) is 308 Å². The molecular weight excluding hydrogens is 1010 g/mol. The maximum atomic E-state index is 2.80. The summed E-state index contributed by atoms with van der Waals surface area (Å²) in [6.45, 7) is 28.0. The molecule has 0 fully saturated rings. The van der Waals surface area contributed by atoms with Crippen molar-refractivity contribution in [1.29, 1.82) is 0 Å². The summed E-state index contributed by atoms with van der Waals surface area (Å²) in [6, 6.07) is 80.0.